The summed E-state index contributed by atoms with van der Waals surface area (Å²) in [5, 5.41) is 8.78. The Bertz CT molecular complexity index is 184. The van der Waals surface area contributed by atoms with Crippen molar-refractivity contribution in [2.45, 2.75) is 33.6 Å². The van der Waals surface area contributed by atoms with Crippen LogP contribution in [0.1, 0.15) is 33.6 Å². The van der Waals surface area contributed by atoms with Gasteiger partial charge in [-0.3, -0.25) is 0 Å². The molecule has 0 heterocycles. The Morgan fingerprint density at radius 3 is 2.42 bits per heavy atom. The summed E-state index contributed by atoms with van der Waals surface area (Å²) in [4.78, 5) is 10.9. The third-order valence-electron chi connectivity index (χ3n) is 3.24. The van der Waals surface area contributed by atoms with E-state index in [1.807, 2.05) is 0 Å². The number of carbonyl (C=O) groups is 1. The van der Waals surface area contributed by atoms with Crippen LogP contribution in [-0.2, 0) is 4.79 Å². The zero-order valence-corrected chi connectivity index (χ0v) is 8.13. The first-order valence-corrected chi connectivity index (χ1v) is 4.60. The Kier molecular flexibility index (Phi) is 2.57. The second kappa shape index (κ2) is 3.17. The maximum absolute atomic E-state index is 10.9. The number of aliphatic hydroxyl groups is 1. The van der Waals surface area contributed by atoms with Crippen molar-refractivity contribution in [2.24, 2.45) is 17.3 Å². The van der Waals surface area contributed by atoms with Crippen molar-refractivity contribution in [1.82, 2.24) is 0 Å². The summed E-state index contributed by atoms with van der Waals surface area (Å²) in [5.74, 6) is 1.35. The molecule has 2 unspecified atom stereocenters. The maximum Gasteiger partial charge on any atom is 0.130 e. The fourth-order valence-corrected chi connectivity index (χ4v) is 2.28. The molecule has 1 N–H and O–H groups in total. The normalized spacial score (nSPS) is 31.7. The molecule has 0 spiro atoms. The van der Waals surface area contributed by atoms with E-state index in [-0.39, 0.29) is 17.8 Å². The van der Waals surface area contributed by atoms with Gasteiger partial charge in [-0.15, -0.1) is 0 Å². The van der Waals surface area contributed by atoms with Gasteiger partial charge in [0.2, 0.25) is 0 Å². The average molecular weight is 170 g/mol. The van der Waals surface area contributed by atoms with Crippen LogP contribution >= 0.6 is 0 Å². The van der Waals surface area contributed by atoms with Crippen molar-refractivity contribution < 1.29 is 9.90 Å². The van der Waals surface area contributed by atoms with Gasteiger partial charge in [-0.2, -0.15) is 0 Å². The van der Waals surface area contributed by atoms with E-state index in [9.17, 15) is 4.79 Å². The Morgan fingerprint density at radius 1 is 1.42 bits per heavy atom. The maximum atomic E-state index is 10.9. The highest BCUT2D eigenvalue weighted by molar-refractivity contribution is 5.76. The van der Waals surface area contributed by atoms with Crippen LogP contribution < -0.4 is 0 Å². The van der Waals surface area contributed by atoms with Crippen LogP contribution in [0, 0.1) is 17.3 Å². The molecule has 1 aliphatic rings. The lowest BCUT2D eigenvalue weighted by Gasteiger charge is -1.99. The Hall–Kier alpha value is -0.370. The average Bonchev–Trinajstić information content (AvgIpc) is 2.39. The van der Waals surface area contributed by atoms with Crippen LogP contribution in [0.4, 0.5) is 0 Å². The molecule has 0 saturated heterocycles. The number of ketones is 1. The van der Waals surface area contributed by atoms with E-state index in [1.54, 1.807) is 6.92 Å². The van der Waals surface area contributed by atoms with Crippen LogP contribution in [0.15, 0.2) is 0 Å². The van der Waals surface area contributed by atoms with E-state index in [2.05, 4.69) is 13.8 Å². The van der Waals surface area contributed by atoms with Gasteiger partial charge in [0.25, 0.3) is 0 Å². The minimum atomic E-state index is 0.252. The van der Waals surface area contributed by atoms with Crippen LogP contribution in [0.3, 0.4) is 0 Å². The van der Waals surface area contributed by atoms with Crippen LogP contribution in [0.25, 0.3) is 0 Å². The fraction of sp³-hybridized carbons (Fsp3) is 0.900. The van der Waals surface area contributed by atoms with E-state index in [1.165, 1.54) is 0 Å². The lowest BCUT2D eigenvalue weighted by Crippen LogP contribution is -1.96. The van der Waals surface area contributed by atoms with Crippen LogP contribution in [0.2, 0.25) is 0 Å². The summed E-state index contributed by atoms with van der Waals surface area (Å²) < 4.78 is 0. The van der Waals surface area contributed by atoms with Gasteiger partial charge in [0.15, 0.2) is 0 Å². The summed E-state index contributed by atoms with van der Waals surface area (Å²) >= 11 is 0. The summed E-state index contributed by atoms with van der Waals surface area (Å²) in [6.45, 7) is 6.26. The molecule has 1 saturated carbocycles. The lowest BCUT2D eigenvalue weighted by molar-refractivity contribution is -0.117. The number of aliphatic hydroxyl groups excluding tert-OH is 1. The minimum Gasteiger partial charge on any atom is -0.396 e. The largest absolute Gasteiger partial charge is 0.396 e. The fourth-order valence-electron chi connectivity index (χ4n) is 2.28. The minimum absolute atomic E-state index is 0.252. The van der Waals surface area contributed by atoms with Crippen molar-refractivity contribution in [2.75, 3.05) is 6.61 Å². The molecule has 1 aliphatic carbocycles. The molecular formula is C10H18O2. The van der Waals surface area contributed by atoms with Crippen molar-refractivity contribution >= 4 is 5.78 Å². The summed E-state index contributed by atoms with van der Waals surface area (Å²) in [6, 6.07) is 0. The molecule has 1 fully saturated rings. The smallest absolute Gasteiger partial charge is 0.130 e. The van der Waals surface area contributed by atoms with Gasteiger partial charge in [0.1, 0.15) is 5.78 Å². The lowest BCUT2D eigenvalue weighted by atomic mass is 10.1. The molecule has 1 rings (SSSR count). The van der Waals surface area contributed by atoms with Crippen molar-refractivity contribution in [3.63, 3.8) is 0 Å². The monoisotopic (exact) mass is 170 g/mol. The summed E-state index contributed by atoms with van der Waals surface area (Å²) in [6.07, 6.45) is 1.54. The second-order valence-corrected chi connectivity index (χ2v) is 4.45. The SMILES string of the molecule is CC(=O)CC1C(CCO)C1(C)C. The Balaban J connectivity index is 2.43. The molecule has 0 aromatic heterocycles. The quantitative estimate of drug-likeness (QED) is 0.696. The van der Waals surface area contributed by atoms with Crippen molar-refractivity contribution in [3.05, 3.63) is 0 Å². The van der Waals surface area contributed by atoms with Crippen LogP contribution in [-0.4, -0.2) is 17.5 Å². The van der Waals surface area contributed by atoms with E-state index >= 15 is 0 Å². The van der Waals surface area contributed by atoms with E-state index in [0.717, 1.165) is 6.42 Å². The summed E-state index contributed by atoms with van der Waals surface area (Å²) in [5.41, 5.74) is 0.286. The Labute approximate surface area is 74.0 Å². The van der Waals surface area contributed by atoms with Gasteiger partial charge in [-0.1, -0.05) is 13.8 Å². The first-order chi connectivity index (χ1) is 5.50. The van der Waals surface area contributed by atoms with E-state index in [0.29, 0.717) is 18.3 Å². The molecule has 0 bridgehead atoms. The predicted octanol–water partition coefficient (Wildman–Crippen LogP) is 1.62. The van der Waals surface area contributed by atoms with Crippen molar-refractivity contribution in [3.8, 4) is 0 Å². The van der Waals surface area contributed by atoms with Gasteiger partial charge in [-0.25, -0.2) is 0 Å². The van der Waals surface area contributed by atoms with Gasteiger partial charge in [0.05, 0.1) is 0 Å². The number of hydrogen-bond acceptors (Lipinski definition) is 2. The van der Waals surface area contributed by atoms with E-state index in [4.69, 9.17) is 5.11 Å². The highest BCUT2D eigenvalue weighted by Crippen LogP contribution is 2.61. The number of Topliss-reactive ketones (excluding diaryl/α,β-unsaturated/α-hetero) is 1. The van der Waals surface area contributed by atoms with Gasteiger partial charge in [-0.05, 0) is 30.6 Å². The molecule has 0 amide bonds. The first-order valence-electron chi connectivity index (χ1n) is 4.60. The molecule has 12 heavy (non-hydrogen) atoms. The molecule has 70 valence electrons. The number of hydrogen-bond donors (Lipinski definition) is 1. The molecule has 0 aliphatic heterocycles. The molecular weight excluding hydrogens is 152 g/mol. The zero-order chi connectivity index (χ0) is 9.35. The highest BCUT2D eigenvalue weighted by Gasteiger charge is 2.56. The summed E-state index contributed by atoms with van der Waals surface area (Å²) in [7, 11) is 0. The van der Waals surface area contributed by atoms with Crippen LogP contribution in [0.5, 0.6) is 0 Å². The highest BCUT2D eigenvalue weighted by atomic mass is 16.3. The van der Waals surface area contributed by atoms with Gasteiger partial charge in [0, 0.05) is 13.0 Å². The number of rotatable bonds is 4. The number of carbonyl (C=O) groups excluding carboxylic acids is 1. The molecule has 2 nitrogen and oxygen atoms in total. The predicted molar refractivity (Wildman–Crippen MR) is 47.8 cm³/mol. The molecule has 2 heteroatoms. The third kappa shape index (κ3) is 1.69. The Morgan fingerprint density at radius 2 is 2.00 bits per heavy atom. The van der Waals surface area contributed by atoms with E-state index < -0.39 is 0 Å². The molecule has 0 aromatic carbocycles. The zero-order valence-electron chi connectivity index (χ0n) is 8.13. The standard InChI is InChI=1S/C10H18O2/c1-7(12)6-9-8(4-5-11)10(9,2)3/h8-9,11H,4-6H2,1-3H3. The molecule has 0 radical (unpaired) electrons. The first kappa shape index (κ1) is 9.72. The second-order valence-electron chi connectivity index (χ2n) is 4.45. The topological polar surface area (TPSA) is 37.3 Å². The van der Waals surface area contributed by atoms with Gasteiger partial charge < -0.3 is 9.90 Å². The van der Waals surface area contributed by atoms with Gasteiger partial charge >= 0.3 is 0 Å². The molecule has 2 atom stereocenters. The molecule has 0 aromatic rings. The third-order valence-corrected chi connectivity index (χ3v) is 3.24. The van der Waals surface area contributed by atoms with Crippen molar-refractivity contribution in [1.29, 1.82) is 0 Å².